The fourth-order valence-corrected chi connectivity index (χ4v) is 3.97. The number of carbonyl (C=O) groups excluding carboxylic acids is 1. The molecule has 1 aliphatic heterocycles. The highest BCUT2D eigenvalue weighted by molar-refractivity contribution is 5.69. The lowest BCUT2D eigenvalue weighted by molar-refractivity contribution is 0.0530. The molecule has 1 saturated heterocycles. The van der Waals surface area contributed by atoms with Crippen LogP contribution in [0.4, 0.5) is 4.79 Å². The summed E-state index contributed by atoms with van der Waals surface area (Å²) in [5.41, 5.74) is 2.89. The number of pyridine rings is 1. The molecular weight excluding hydrogens is 370 g/mol. The Morgan fingerprint density at radius 1 is 1.21 bits per heavy atom. The third kappa shape index (κ3) is 4.36. The summed E-state index contributed by atoms with van der Waals surface area (Å²) in [5, 5.41) is 8.34. The van der Waals surface area contributed by atoms with Gasteiger partial charge in [0.05, 0.1) is 17.5 Å². The average Bonchev–Trinajstić information content (AvgIpc) is 3.06. The van der Waals surface area contributed by atoms with Crippen molar-refractivity contribution < 1.29 is 14.3 Å². The Morgan fingerprint density at radius 3 is 2.66 bits per heavy atom. The molecule has 156 valence electrons. The summed E-state index contributed by atoms with van der Waals surface area (Å²) in [6.45, 7) is 5.67. The summed E-state index contributed by atoms with van der Waals surface area (Å²) in [7, 11) is 1.79. The van der Waals surface area contributed by atoms with Gasteiger partial charge < -0.3 is 14.4 Å². The Hall–Kier alpha value is -2.64. The zero-order valence-corrected chi connectivity index (χ0v) is 17.4. The molecule has 2 aliphatic rings. The number of aromatic nitrogens is 4. The lowest BCUT2D eigenvalue weighted by Gasteiger charge is -2.35. The molecule has 3 heterocycles. The Morgan fingerprint density at radius 2 is 1.97 bits per heavy atom. The first-order valence-corrected chi connectivity index (χ1v) is 10.5. The van der Waals surface area contributed by atoms with E-state index in [0.29, 0.717) is 17.3 Å². The van der Waals surface area contributed by atoms with Crippen molar-refractivity contribution in [3.8, 4) is 17.1 Å². The van der Waals surface area contributed by atoms with Crippen LogP contribution in [0.25, 0.3) is 11.4 Å². The molecule has 0 aromatic carbocycles. The van der Waals surface area contributed by atoms with Gasteiger partial charge in [0.1, 0.15) is 23.7 Å². The van der Waals surface area contributed by atoms with Gasteiger partial charge in [-0.05, 0) is 50.7 Å². The highest BCUT2D eigenvalue weighted by atomic mass is 16.6. The van der Waals surface area contributed by atoms with Gasteiger partial charge in [-0.15, -0.1) is 5.10 Å². The van der Waals surface area contributed by atoms with E-state index < -0.39 is 0 Å². The summed E-state index contributed by atoms with van der Waals surface area (Å²) >= 11 is 0. The Kier molecular flexibility index (Phi) is 5.69. The van der Waals surface area contributed by atoms with Crippen molar-refractivity contribution in [1.82, 2.24) is 24.9 Å². The van der Waals surface area contributed by atoms with Crippen LogP contribution in [-0.2, 0) is 18.4 Å². The molecule has 2 fully saturated rings. The number of ether oxygens (including phenoxy) is 2. The Balaban J connectivity index is 1.45. The Bertz CT molecular complexity index is 869. The highest BCUT2D eigenvalue weighted by Crippen LogP contribution is 2.28. The first kappa shape index (κ1) is 19.7. The number of nitrogens with zero attached hydrogens (tertiary/aromatic N) is 5. The minimum absolute atomic E-state index is 0.115. The topological polar surface area (TPSA) is 82.4 Å². The van der Waals surface area contributed by atoms with E-state index in [4.69, 9.17) is 14.5 Å². The van der Waals surface area contributed by atoms with Crippen LogP contribution in [0.3, 0.4) is 0 Å². The van der Waals surface area contributed by atoms with Crippen LogP contribution in [0.5, 0.6) is 5.75 Å². The van der Waals surface area contributed by atoms with E-state index in [1.807, 2.05) is 19.1 Å². The molecule has 2 aromatic heterocycles. The van der Waals surface area contributed by atoms with E-state index in [9.17, 15) is 4.79 Å². The molecule has 0 spiro atoms. The maximum Gasteiger partial charge on any atom is 0.410 e. The second kappa shape index (κ2) is 8.39. The van der Waals surface area contributed by atoms with E-state index in [2.05, 4.69) is 17.2 Å². The summed E-state index contributed by atoms with van der Waals surface area (Å²) in [5.74, 6) is 1.36. The van der Waals surface area contributed by atoms with Crippen LogP contribution in [-0.4, -0.2) is 50.2 Å². The third-order valence-electron chi connectivity index (χ3n) is 5.72. The smallest absolute Gasteiger partial charge is 0.410 e. The Labute approximate surface area is 171 Å². The lowest BCUT2D eigenvalue weighted by atomic mass is 9.98. The van der Waals surface area contributed by atoms with Crippen LogP contribution >= 0.6 is 0 Å². The van der Waals surface area contributed by atoms with Crippen LogP contribution in [0.15, 0.2) is 12.1 Å². The zero-order valence-electron chi connectivity index (χ0n) is 17.4. The molecule has 0 radical (unpaired) electrons. The van der Waals surface area contributed by atoms with Crippen LogP contribution in [0, 0.1) is 12.8 Å². The molecule has 1 amide bonds. The van der Waals surface area contributed by atoms with Crippen LogP contribution in [0.2, 0.25) is 0 Å². The van der Waals surface area contributed by atoms with E-state index in [0.717, 1.165) is 43.1 Å². The van der Waals surface area contributed by atoms with Crippen molar-refractivity contribution in [3.63, 3.8) is 0 Å². The number of amides is 1. The maximum absolute atomic E-state index is 12.1. The molecule has 4 rings (SSSR count). The van der Waals surface area contributed by atoms with Gasteiger partial charge in [-0.25, -0.2) is 14.5 Å². The van der Waals surface area contributed by atoms with Crippen molar-refractivity contribution >= 4 is 6.09 Å². The van der Waals surface area contributed by atoms with Gasteiger partial charge in [0.15, 0.2) is 0 Å². The molecular formula is C21H29N5O3. The van der Waals surface area contributed by atoms with Crippen molar-refractivity contribution in [1.29, 1.82) is 0 Å². The minimum Gasteiger partial charge on any atom is -0.489 e. The molecule has 2 aromatic rings. The average molecular weight is 399 g/mol. The van der Waals surface area contributed by atoms with Gasteiger partial charge in [-0.2, -0.15) is 0 Å². The summed E-state index contributed by atoms with van der Waals surface area (Å²) in [6, 6.07) is 3.86. The number of rotatable bonds is 5. The molecule has 1 aliphatic carbocycles. The molecule has 0 bridgehead atoms. The van der Waals surface area contributed by atoms with E-state index in [1.54, 1.807) is 16.6 Å². The largest absolute Gasteiger partial charge is 0.489 e. The number of hydrogen-bond acceptors (Lipinski definition) is 6. The number of likely N-dealkylation sites (tertiary alicyclic amines) is 1. The first-order chi connectivity index (χ1) is 14.0. The summed E-state index contributed by atoms with van der Waals surface area (Å²) in [6.07, 6.45) is 5.96. The van der Waals surface area contributed by atoms with Gasteiger partial charge in [-0.3, -0.25) is 0 Å². The first-order valence-electron chi connectivity index (χ1n) is 10.5. The lowest BCUT2D eigenvalue weighted by Crippen LogP contribution is -2.48. The quantitative estimate of drug-likeness (QED) is 0.765. The molecule has 0 N–H and O–H groups in total. The van der Waals surface area contributed by atoms with E-state index in [-0.39, 0.29) is 18.8 Å². The second-order valence-electron chi connectivity index (χ2n) is 8.23. The van der Waals surface area contributed by atoms with Gasteiger partial charge >= 0.3 is 6.09 Å². The van der Waals surface area contributed by atoms with Gasteiger partial charge in [0.25, 0.3) is 0 Å². The van der Waals surface area contributed by atoms with Gasteiger partial charge in [-0.1, -0.05) is 18.6 Å². The summed E-state index contributed by atoms with van der Waals surface area (Å²) in [4.78, 5) is 18.5. The highest BCUT2D eigenvalue weighted by Gasteiger charge is 2.29. The fourth-order valence-electron chi connectivity index (χ4n) is 3.97. The van der Waals surface area contributed by atoms with Gasteiger partial charge in [0, 0.05) is 20.1 Å². The van der Waals surface area contributed by atoms with Crippen molar-refractivity contribution in [3.05, 3.63) is 23.5 Å². The third-order valence-corrected chi connectivity index (χ3v) is 5.72. The molecule has 0 atom stereocenters. The zero-order chi connectivity index (χ0) is 20.4. The SMILES string of the molecule is Cc1nc(-c2nnn(C)c2COC(=O)N2CC(C)C2)ccc1OC1CCCCC1. The summed E-state index contributed by atoms with van der Waals surface area (Å²) < 4.78 is 13.3. The normalized spacial score (nSPS) is 17.8. The molecule has 0 unspecified atom stereocenters. The molecule has 1 saturated carbocycles. The minimum atomic E-state index is -0.296. The van der Waals surface area contributed by atoms with Gasteiger partial charge in [0.2, 0.25) is 0 Å². The predicted octanol–water partition coefficient (Wildman–Crippen LogP) is 3.49. The van der Waals surface area contributed by atoms with E-state index >= 15 is 0 Å². The number of carbonyl (C=O) groups is 1. The fraction of sp³-hybridized carbons (Fsp3) is 0.619. The monoisotopic (exact) mass is 399 g/mol. The van der Waals surface area contributed by atoms with Crippen molar-refractivity contribution in [2.45, 2.75) is 58.7 Å². The molecule has 8 nitrogen and oxygen atoms in total. The molecule has 29 heavy (non-hydrogen) atoms. The van der Waals surface area contributed by atoms with Crippen LogP contribution in [0.1, 0.15) is 50.4 Å². The van der Waals surface area contributed by atoms with Crippen molar-refractivity contribution in [2.24, 2.45) is 13.0 Å². The standard InChI is InChI=1S/C21H29N5O3/c1-14-11-26(12-14)21(27)28-13-18-20(23-24-25(18)3)17-9-10-19(15(2)22-17)29-16-7-5-4-6-8-16/h9-10,14,16H,4-8,11-13H2,1-3H3. The van der Waals surface area contributed by atoms with Crippen molar-refractivity contribution in [2.75, 3.05) is 13.1 Å². The molecule has 8 heteroatoms. The number of hydrogen-bond donors (Lipinski definition) is 0. The predicted molar refractivity (Wildman–Crippen MR) is 107 cm³/mol. The number of aryl methyl sites for hydroxylation is 2. The van der Waals surface area contributed by atoms with E-state index in [1.165, 1.54) is 19.3 Å². The maximum atomic E-state index is 12.1. The van der Waals surface area contributed by atoms with Crippen LogP contribution < -0.4 is 4.74 Å². The second-order valence-corrected chi connectivity index (χ2v) is 8.23.